The Labute approximate surface area is 228 Å². The second-order valence-electron chi connectivity index (χ2n) is 13.8. The number of carbonyl (C=O) groups is 3. The lowest BCUT2D eigenvalue weighted by atomic mass is 9.44. The number of aliphatic hydroxyl groups excluding tert-OH is 2. The summed E-state index contributed by atoms with van der Waals surface area (Å²) in [7, 11) is 0. The molecule has 0 aromatic rings. The van der Waals surface area contributed by atoms with E-state index in [0.717, 1.165) is 32.0 Å². The molecular weight excluding hydrogens is 508 g/mol. The summed E-state index contributed by atoms with van der Waals surface area (Å²) in [6.07, 6.45) is 1.80. The van der Waals surface area contributed by atoms with Crippen LogP contribution in [0.3, 0.4) is 0 Å². The van der Waals surface area contributed by atoms with Crippen LogP contribution >= 0.6 is 0 Å². The number of fused-ring (bicyclic) bond motifs is 5. The Morgan fingerprint density at radius 1 is 1.10 bits per heavy atom. The Kier molecular flexibility index (Phi) is 6.70. The lowest BCUT2D eigenvalue weighted by Gasteiger charge is -2.61. The van der Waals surface area contributed by atoms with Crippen molar-refractivity contribution in [3.05, 3.63) is 0 Å². The van der Waals surface area contributed by atoms with E-state index in [0.29, 0.717) is 25.9 Å². The van der Waals surface area contributed by atoms with E-state index < -0.39 is 47.7 Å². The number of ether oxygens (including phenoxy) is 3. The molecule has 4 saturated carbocycles. The summed E-state index contributed by atoms with van der Waals surface area (Å²) < 4.78 is 16.8. The molecule has 6 aliphatic rings. The number of cyclic esters (lactones) is 1. The fraction of sp³-hybridized carbons (Fsp3) is 0.897. The number of hydrogen-bond acceptors (Lipinski definition) is 9. The van der Waals surface area contributed by atoms with E-state index in [9.17, 15) is 34.8 Å². The second-order valence-corrected chi connectivity index (χ2v) is 13.8. The number of carboxylic acid groups (broad SMARTS) is 1. The van der Waals surface area contributed by atoms with Gasteiger partial charge in [-0.25, -0.2) is 4.79 Å². The number of aliphatic hydroxyl groups is 3. The number of esters is 1. The number of rotatable bonds is 5. The molecule has 4 aliphatic carbocycles. The van der Waals surface area contributed by atoms with Gasteiger partial charge in [-0.1, -0.05) is 6.92 Å². The highest BCUT2D eigenvalue weighted by atomic mass is 16.7. The highest BCUT2D eigenvalue weighted by Crippen LogP contribution is 2.68. The third kappa shape index (κ3) is 4.03. The summed E-state index contributed by atoms with van der Waals surface area (Å²) in [6.45, 7) is 4.29. The van der Waals surface area contributed by atoms with Crippen LogP contribution in [0.5, 0.6) is 0 Å². The molecule has 4 N–H and O–H groups in total. The number of carbonyl (C=O) groups excluding carboxylic acids is 2. The van der Waals surface area contributed by atoms with Crippen molar-refractivity contribution >= 4 is 18.2 Å². The average Bonchev–Trinajstić information content (AvgIpc) is 3.51. The van der Waals surface area contributed by atoms with Crippen molar-refractivity contribution in [1.29, 1.82) is 0 Å². The molecule has 0 unspecified atom stereocenters. The zero-order chi connectivity index (χ0) is 27.9. The maximum absolute atomic E-state index is 13.0. The lowest BCUT2D eigenvalue weighted by Crippen LogP contribution is -2.60. The van der Waals surface area contributed by atoms with Gasteiger partial charge in [0.1, 0.15) is 6.29 Å². The maximum Gasteiger partial charge on any atom is 0.341 e. The number of aliphatic carboxylic acids is 1. The second kappa shape index (κ2) is 9.48. The van der Waals surface area contributed by atoms with Gasteiger partial charge in [0, 0.05) is 17.8 Å². The summed E-state index contributed by atoms with van der Waals surface area (Å²) in [6, 6.07) is 0. The van der Waals surface area contributed by atoms with Gasteiger partial charge in [0.05, 0.1) is 37.4 Å². The van der Waals surface area contributed by atoms with Crippen LogP contribution in [0.25, 0.3) is 0 Å². The average molecular weight is 551 g/mol. The Bertz CT molecular complexity index is 1020. The highest BCUT2D eigenvalue weighted by Gasteiger charge is 2.66. The van der Waals surface area contributed by atoms with Gasteiger partial charge in [0.25, 0.3) is 0 Å². The van der Waals surface area contributed by atoms with Crippen LogP contribution in [0.15, 0.2) is 0 Å². The van der Waals surface area contributed by atoms with Gasteiger partial charge in [-0.2, -0.15) is 0 Å². The number of aldehydes is 1. The molecule has 2 saturated heterocycles. The Morgan fingerprint density at radius 3 is 2.54 bits per heavy atom. The van der Waals surface area contributed by atoms with Crippen LogP contribution in [0.4, 0.5) is 0 Å². The molecule has 0 bridgehead atoms. The smallest absolute Gasteiger partial charge is 0.341 e. The van der Waals surface area contributed by atoms with E-state index in [-0.39, 0.29) is 59.7 Å². The maximum atomic E-state index is 13.0. The molecule has 6 fully saturated rings. The summed E-state index contributed by atoms with van der Waals surface area (Å²) in [5, 5.41) is 42.8. The van der Waals surface area contributed by atoms with Crippen LogP contribution in [0.1, 0.15) is 71.6 Å². The van der Waals surface area contributed by atoms with E-state index in [4.69, 9.17) is 14.2 Å². The van der Waals surface area contributed by atoms with Gasteiger partial charge in [0.15, 0.2) is 6.29 Å². The summed E-state index contributed by atoms with van der Waals surface area (Å²) >= 11 is 0. The standard InChI is InChI=1S/C29H42O10/c1-14-10-29(36,25(34)35)26(38-14)39-22-8-16-3-4-17-18(28(16,13-30)11-21(22)32)5-6-27(2)19(17)9-20(31)24(27)15-7-23(33)37-12-15/h13-22,24,26,31-32,36H,3-12H2,1-2H3,(H,34,35)/t14-,15+,16+,17-,18+,19-,20-,21-,22-,24+,26+,27+,28-,29+/m1/s1. The predicted molar refractivity (Wildman–Crippen MR) is 134 cm³/mol. The van der Waals surface area contributed by atoms with Crippen molar-refractivity contribution in [2.75, 3.05) is 6.61 Å². The first-order chi connectivity index (χ1) is 18.4. The molecule has 0 spiro atoms. The first-order valence-electron chi connectivity index (χ1n) is 14.7. The summed E-state index contributed by atoms with van der Waals surface area (Å²) in [4.78, 5) is 36.6. The fourth-order valence-electron chi connectivity index (χ4n) is 10.4. The van der Waals surface area contributed by atoms with Gasteiger partial charge in [-0.05, 0) is 86.9 Å². The van der Waals surface area contributed by atoms with E-state index in [1.807, 2.05) is 0 Å². The first kappa shape index (κ1) is 27.6. The number of carboxylic acids is 1. The molecular formula is C29H42O10. The molecule has 14 atom stereocenters. The molecule has 6 rings (SSSR count). The normalized spacial score (nSPS) is 54.9. The molecule has 0 aromatic carbocycles. The lowest BCUT2D eigenvalue weighted by molar-refractivity contribution is -0.256. The SMILES string of the molecule is C[C@@H]1C[C@](O)(C(=O)O)[C@H](O[C@@H]2C[C@@H]3CC[C@H]4[C@H]5C[C@@H](O)[C@H]([C@@H]6COC(=O)C6)[C@@]5(C)CC[C@@H]4[C@@]3(C=O)C[C@H]2O)O1. The topological polar surface area (TPSA) is 160 Å². The van der Waals surface area contributed by atoms with Gasteiger partial charge < -0.3 is 39.4 Å². The van der Waals surface area contributed by atoms with Crippen molar-refractivity contribution in [2.24, 2.45) is 46.3 Å². The minimum absolute atomic E-state index is 0.00341. The Morgan fingerprint density at radius 2 is 1.87 bits per heavy atom. The number of hydrogen-bond donors (Lipinski definition) is 4. The van der Waals surface area contributed by atoms with Gasteiger partial charge in [-0.3, -0.25) is 4.79 Å². The van der Waals surface area contributed by atoms with Crippen LogP contribution in [0, 0.1) is 46.3 Å². The van der Waals surface area contributed by atoms with Crippen molar-refractivity contribution in [2.45, 2.75) is 108 Å². The molecule has 0 aromatic heterocycles. The molecule has 10 nitrogen and oxygen atoms in total. The minimum Gasteiger partial charge on any atom is -0.479 e. The fourth-order valence-corrected chi connectivity index (χ4v) is 10.4. The molecule has 2 heterocycles. The highest BCUT2D eigenvalue weighted by molar-refractivity contribution is 5.78. The summed E-state index contributed by atoms with van der Waals surface area (Å²) in [5.41, 5.74) is -3.03. The molecule has 2 aliphatic heterocycles. The van der Waals surface area contributed by atoms with E-state index in [1.165, 1.54) is 0 Å². The Hall–Kier alpha value is -1.59. The zero-order valence-corrected chi connectivity index (χ0v) is 22.7. The molecule has 218 valence electrons. The van der Waals surface area contributed by atoms with Crippen LogP contribution in [-0.2, 0) is 28.6 Å². The first-order valence-corrected chi connectivity index (χ1v) is 14.7. The van der Waals surface area contributed by atoms with Gasteiger partial charge in [-0.15, -0.1) is 0 Å². The van der Waals surface area contributed by atoms with Crippen molar-refractivity contribution in [3.8, 4) is 0 Å². The van der Waals surface area contributed by atoms with E-state index >= 15 is 0 Å². The van der Waals surface area contributed by atoms with Gasteiger partial charge in [0.2, 0.25) is 5.60 Å². The molecule has 0 amide bonds. The molecule has 0 radical (unpaired) electrons. The quantitative estimate of drug-likeness (QED) is 0.293. The monoisotopic (exact) mass is 550 g/mol. The third-order valence-corrected chi connectivity index (χ3v) is 12.0. The zero-order valence-electron chi connectivity index (χ0n) is 22.7. The van der Waals surface area contributed by atoms with Crippen molar-refractivity contribution in [3.63, 3.8) is 0 Å². The van der Waals surface area contributed by atoms with Crippen molar-refractivity contribution in [1.82, 2.24) is 0 Å². The van der Waals surface area contributed by atoms with Crippen LogP contribution in [-0.4, -0.2) is 81.6 Å². The Balaban J connectivity index is 1.21. The van der Waals surface area contributed by atoms with E-state index in [1.54, 1.807) is 6.92 Å². The molecule has 10 heteroatoms. The van der Waals surface area contributed by atoms with E-state index in [2.05, 4.69) is 6.92 Å². The minimum atomic E-state index is -2.18. The van der Waals surface area contributed by atoms with Gasteiger partial charge >= 0.3 is 11.9 Å². The largest absolute Gasteiger partial charge is 0.479 e. The van der Waals surface area contributed by atoms with Crippen LogP contribution < -0.4 is 0 Å². The summed E-state index contributed by atoms with van der Waals surface area (Å²) in [5.74, 6) is -1.08. The molecule has 39 heavy (non-hydrogen) atoms. The third-order valence-electron chi connectivity index (χ3n) is 12.0. The van der Waals surface area contributed by atoms with Crippen molar-refractivity contribution < 1.29 is 49.0 Å². The predicted octanol–water partition coefficient (Wildman–Crippen LogP) is 1.66. The van der Waals surface area contributed by atoms with Crippen LogP contribution in [0.2, 0.25) is 0 Å².